The summed E-state index contributed by atoms with van der Waals surface area (Å²) in [5, 5.41) is 9.18. The highest BCUT2D eigenvalue weighted by Crippen LogP contribution is 2.26. The SMILES string of the molecule is Cc1ccc(N2C(=O)CCC2CO)cc1. The van der Waals surface area contributed by atoms with Gasteiger partial charge in [0, 0.05) is 12.1 Å². The topological polar surface area (TPSA) is 40.5 Å². The van der Waals surface area contributed by atoms with Gasteiger partial charge in [-0.1, -0.05) is 17.7 Å². The van der Waals surface area contributed by atoms with Crippen molar-refractivity contribution < 1.29 is 9.90 Å². The average molecular weight is 205 g/mol. The van der Waals surface area contributed by atoms with Crippen LogP contribution in [-0.2, 0) is 4.79 Å². The van der Waals surface area contributed by atoms with Crippen LogP contribution in [0, 0.1) is 6.92 Å². The molecule has 1 saturated heterocycles. The van der Waals surface area contributed by atoms with Crippen LogP contribution < -0.4 is 4.90 Å². The fourth-order valence-corrected chi connectivity index (χ4v) is 1.98. The summed E-state index contributed by atoms with van der Waals surface area (Å²) in [6.45, 7) is 2.05. The lowest BCUT2D eigenvalue weighted by molar-refractivity contribution is -0.117. The van der Waals surface area contributed by atoms with E-state index in [0.717, 1.165) is 12.1 Å². The van der Waals surface area contributed by atoms with Gasteiger partial charge in [0.25, 0.3) is 0 Å². The van der Waals surface area contributed by atoms with E-state index >= 15 is 0 Å². The molecule has 1 aromatic rings. The molecule has 0 saturated carbocycles. The van der Waals surface area contributed by atoms with Crippen molar-refractivity contribution in [3.05, 3.63) is 29.8 Å². The first-order chi connectivity index (χ1) is 7.22. The summed E-state index contributed by atoms with van der Waals surface area (Å²) < 4.78 is 0. The minimum atomic E-state index is -0.0415. The van der Waals surface area contributed by atoms with E-state index in [1.807, 2.05) is 31.2 Å². The third kappa shape index (κ3) is 1.88. The number of aryl methyl sites for hydroxylation is 1. The Morgan fingerprint density at radius 2 is 2.07 bits per heavy atom. The molecule has 1 aliphatic heterocycles. The second kappa shape index (κ2) is 4.03. The number of amides is 1. The molecule has 0 spiro atoms. The van der Waals surface area contributed by atoms with Crippen LogP contribution in [0.5, 0.6) is 0 Å². The van der Waals surface area contributed by atoms with Crippen molar-refractivity contribution >= 4 is 11.6 Å². The van der Waals surface area contributed by atoms with E-state index in [4.69, 9.17) is 0 Å². The standard InChI is InChI=1S/C12H15NO2/c1-9-2-4-10(5-3-9)13-11(8-14)6-7-12(13)15/h2-5,11,14H,6-8H2,1H3. The van der Waals surface area contributed by atoms with Crippen molar-refractivity contribution in [1.82, 2.24) is 0 Å². The number of rotatable bonds is 2. The van der Waals surface area contributed by atoms with Gasteiger partial charge in [-0.15, -0.1) is 0 Å². The fraction of sp³-hybridized carbons (Fsp3) is 0.417. The van der Waals surface area contributed by atoms with Gasteiger partial charge in [-0.2, -0.15) is 0 Å². The van der Waals surface area contributed by atoms with Crippen molar-refractivity contribution in [3.8, 4) is 0 Å². The molecule has 0 aliphatic carbocycles. The predicted octanol–water partition coefficient (Wildman–Crippen LogP) is 1.48. The molecule has 1 aliphatic rings. The van der Waals surface area contributed by atoms with Gasteiger partial charge in [0.2, 0.25) is 5.91 Å². The average Bonchev–Trinajstić information content (AvgIpc) is 2.61. The van der Waals surface area contributed by atoms with Crippen molar-refractivity contribution in [2.24, 2.45) is 0 Å². The van der Waals surface area contributed by atoms with Gasteiger partial charge in [0.1, 0.15) is 0 Å². The Morgan fingerprint density at radius 3 is 2.67 bits per heavy atom. The summed E-state index contributed by atoms with van der Waals surface area (Å²) in [7, 11) is 0. The van der Waals surface area contributed by atoms with Gasteiger partial charge in [-0.3, -0.25) is 4.79 Å². The minimum Gasteiger partial charge on any atom is -0.394 e. The number of benzene rings is 1. The number of aliphatic hydroxyl groups is 1. The van der Waals surface area contributed by atoms with Gasteiger partial charge in [0.05, 0.1) is 12.6 Å². The number of carbonyl (C=O) groups is 1. The van der Waals surface area contributed by atoms with Crippen LogP contribution >= 0.6 is 0 Å². The molecule has 0 aromatic heterocycles. The zero-order valence-electron chi connectivity index (χ0n) is 8.81. The van der Waals surface area contributed by atoms with Crippen molar-refractivity contribution in [3.63, 3.8) is 0 Å². The Morgan fingerprint density at radius 1 is 1.40 bits per heavy atom. The molecular weight excluding hydrogens is 190 g/mol. The van der Waals surface area contributed by atoms with E-state index < -0.39 is 0 Å². The lowest BCUT2D eigenvalue weighted by Crippen LogP contribution is -2.35. The van der Waals surface area contributed by atoms with E-state index in [-0.39, 0.29) is 18.6 Å². The van der Waals surface area contributed by atoms with Gasteiger partial charge in [-0.25, -0.2) is 0 Å². The molecule has 80 valence electrons. The molecule has 1 N–H and O–H groups in total. The van der Waals surface area contributed by atoms with E-state index in [1.54, 1.807) is 4.90 Å². The smallest absolute Gasteiger partial charge is 0.227 e. The molecule has 1 aromatic carbocycles. The lowest BCUT2D eigenvalue weighted by Gasteiger charge is -2.23. The van der Waals surface area contributed by atoms with Crippen LogP contribution in [0.3, 0.4) is 0 Å². The van der Waals surface area contributed by atoms with Crippen LogP contribution in [0.25, 0.3) is 0 Å². The normalized spacial score (nSPS) is 21.1. The molecule has 1 unspecified atom stereocenters. The zero-order chi connectivity index (χ0) is 10.8. The fourth-order valence-electron chi connectivity index (χ4n) is 1.98. The second-order valence-corrected chi connectivity index (χ2v) is 3.97. The first-order valence-corrected chi connectivity index (χ1v) is 5.22. The van der Waals surface area contributed by atoms with E-state index in [1.165, 1.54) is 5.56 Å². The highest BCUT2D eigenvalue weighted by atomic mass is 16.3. The Bertz CT molecular complexity index is 358. The number of hydrogen-bond donors (Lipinski definition) is 1. The van der Waals surface area contributed by atoms with Crippen LogP contribution in [-0.4, -0.2) is 23.7 Å². The summed E-state index contributed by atoms with van der Waals surface area (Å²) in [4.78, 5) is 13.4. The number of nitrogens with zero attached hydrogens (tertiary/aromatic N) is 1. The maximum Gasteiger partial charge on any atom is 0.227 e. The van der Waals surface area contributed by atoms with Crippen LogP contribution in [0.4, 0.5) is 5.69 Å². The zero-order valence-corrected chi connectivity index (χ0v) is 8.81. The quantitative estimate of drug-likeness (QED) is 0.794. The molecule has 0 radical (unpaired) electrons. The van der Waals surface area contributed by atoms with E-state index in [9.17, 15) is 9.90 Å². The summed E-state index contributed by atoms with van der Waals surface area (Å²) in [6.07, 6.45) is 1.29. The summed E-state index contributed by atoms with van der Waals surface area (Å²) >= 11 is 0. The summed E-state index contributed by atoms with van der Waals surface area (Å²) in [5.41, 5.74) is 2.06. The monoisotopic (exact) mass is 205 g/mol. The lowest BCUT2D eigenvalue weighted by atomic mass is 10.2. The largest absolute Gasteiger partial charge is 0.394 e. The first-order valence-electron chi connectivity index (χ1n) is 5.22. The Kier molecular flexibility index (Phi) is 2.73. The summed E-state index contributed by atoms with van der Waals surface area (Å²) in [5.74, 6) is 0.109. The molecule has 1 atom stereocenters. The number of aliphatic hydroxyl groups excluding tert-OH is 1. The molecular formula is C12H15NO2. The number of anilines is 1. The molecule has 3 nitrogen and oxygen atoms in total. The van der Waals surface area contributed by atoms with Crippen LogP contribution in [0.1, 0.15) is 18.4 Å². The Balaban J connectivity index is 2.28. The third-order valence-electron chi connectivity index (χ3n) is 2.85. The van der Waals surface area contributed by atoms with Crippen molar-refractivity contribution in [2.75, 3.05) is 11.5 Å². The highest BCUT2D eigenvalue weighted by Gasteiger charge is 2.31. The predicted molar refractivity (Wildman–Crippen MR) is 58.8 cm³/mol. The van der Waals surface area contributed by atoms with Gasteiger partial charge in [-0.05, 0) is 25.5 Å². The number of hydrogen-bond acceptors (Lipinski definition) is 2. The Labute approximate surface area is 89.3 Å². The van der Waals surface area contributed by atoms with Crippen molar-refractivity contribution in [1.29, 1.82) is 0 Å². The highest BCUT2D eigenvalue weighted by molar-refractivity contribution is 5.96. The van der Waals surface area contributed by atoms with E-state index in [2.05, 4.69) is 0 Å². The third-order valence-corrected chi connectivity index (χ3v) is 2.85. The van der Waals surface area contributed by atoms with Gasteiger partial charge < -0.3 is 10.0 Å². The molecule has 3 heteroatoms. The molecule has 2 rings (SSSR count). The van der Waals surface area contributed by atoms with Crippen molar-refractivity contribution in [2.45, 2.75) is 25.8 Å². The van der Waals surface area contributed by atoms with Crippen LogP contribution in [0.2, 0.25) is 0 Å². The second-order valence-electron chi connectivity index (χ2n) is 3.97. The molecule has 0 bridgehead atoms. The first kappa shape index (κ1) is 10.2. The summed E-state index contributed by atoms with van der Waals surface area (Å²) in [6, 6.07) is 7.79. The molecule has 1 amide bonds. The number of carbonyl (C=O) groups excluding carboxylic acids is 1. The van der Waals surface area contributed by atoms with E-state index in [0.29, 0.717) is 6.42 Å². The minimum absolute atomic E-state index is 0.0413. The van der Waals surface area contributed by atoms with Gasteiger partial charge in [0.15, 0.2) is 0 Å². The van der Waals surface area contributed by atoms with Gasteiger partial charge >= 0.3 is 0 Å². The molecule has 1 fully saturated rings. The molecule has 15 heavy (non-hydrogen) atoms. The maximum absolute atomic E-state index is 11.6. The Hall–Kier alpha value is -1.35. The van der Waals surface area contributed by atoms with Crippen LogP contribution in [0.15, 0.2) is 24.3 Å². The maximum atomic E-state index is 11.6. The molecule has 1 heterocycles.